The highest BCUT2D eigenvalue weighted by atomic mass is 32.1. The van der Waals surface area contributed by atoms with Crippen molar-refractivity contribution >= 4 is 34.1 Å². The highest BCUT2D eigenvalue weighted by Crippen LogP contribution is 2.29. The van der Waals surface area contributed by atoms with Gasteiger partial charge in [0.2, 0.25) is 5.95 Å². The van der Waals surface area contributed by atoms with Gasteiger partial charge in [-0.25, -0.2) is 0 Å². The Morgan fingerprint density at radius 1 is 1.06 bits per heavy atom. The van der Waals surface area contributed by atoms with Crippen LogP contribution in [-0.2, 0) is 0 Å². The zero-order valence-electron chi connectivity index (χ0n) is 17.8. The molecule has 0 saturated carbocycles. The van der Waals surface area contributed by atoms with E-state index in [-0.39, 0.29) is 17.6 Å². The molecule has 1 saturated heterocycles. The van der Waals surface area contributed by atoms with E-state index in [1.54, 1.807) is 16.8 Å². The van der Waals surface area contributed by atoms with E-state index < -0.39 is 0 Å². The quantitative estimate of drug-likeness (QED) is 0.485. The molecule has 2 amide bonds. The zero-order chi connectivity index (χ0) is 22.8. The largest absolute Gasteiger partial charge is 0.459 e. The summed E-state index contributed by atoms with van der Waals surface area (Å²) in [6, 6.07) is 14.8. The maximum Gasteiger partial charge on any atom is 0.291 e. The number of rotatable bonds is 5. The Labute approximate surface area is 193 Å². The topological polar surface area (TPSA) is 109 Å². The minimum absolute atomic E-state index is 0.0432. The standard InChI is InChI=1S/C22H21N7O3S/c1-15-14-18(23-20(30)17-8-5-13-32-17)33-19(15)21(31)27-9-11-28(12-10-27)22-24-25-26-29(22)16-6-3-2-4-7-16/h2-8,13-14H,9-12H2,1H3,(H,23,30). The number of nitrogens with zero attached hydrogens (tertiary/aromatic N) is 6. The fourth-order valence-corrected chi connectivity index (χ4v) is 4.74. The van der Waals surface area contributed by atoms with Gasteiger partial charge in [0.25, 0.3) is 11.8 Å². The molecule has 1 aromatic carbocycles. The van der Waals surface area contributed by atoms with Crippen LogP contribution in [0.15, 0.2) is 59.2 Å². The molecular formula is C22H21N7O3S. The third-order valence-electron chi connectivity index (χ3n) is 5.40. The Balaban J connectivity index is 1.24. The number of carbonyl (C=O) groups is 2. The van der Waals surface area contributed by atoms with Gasteiger partial charge in [-0.1, -0.05) is 23.3 Å². The van der Waals surface area contributed by atoms with E-state index in [1.807, 2.05) is 48.2 Å². The summed E-state index contributed by atoms with van der Waals surface area (Å²) in [7, 11) is 0. The molecule has 168 valence electrons. The van der Waals surface area contributed by atoms with Crippen LogP contribution in [0.1, 0.15) is 25.8 Å². The molecule has 0 spiro atoms. The minimum Gasteiger partial charge on any atom is -0.459 e. The smallest absolute Gasteiger partial charge is 0.291 e. The van der Waals surface area contributed by atoms with Crippen molar-refractivity contribution in [2.45, 2.75) is 6.92 Å². The molecule has 0 radical (unpaired) electrons. The Morgan fingerprint density at radius 3 is 2.58 bits per heavy atom. The molecule has 11 heteroatoms. The summed E-state index contributed by atoms with van der Waals surface area (Å²) in [5, 5.41) is 15.5. The van der Waals surface area contributed by atoms with Gasteiger partial charge in [0.15, 0.2) is 5.76 Å². The predicted octanol–water partition coefficient (Wildman–Crippen LogP) is 2.84. The summed E-state index contributed by atoms with van der Waals surface area (Å²) in [5.74, 6) is 0.495. The number of hydrogen-bond acceptors (Lipinski definition) is 8. The summed E-state index contributed by atoms with van der Waals surface area (Å²) >= 11 is 1.27. The second-order valence-corrected chi connectivity index (χ2v) is 8.61. The number of tetrazole rings is 1. The molecule has 33 heavy (non-hydrogen) atoms. The first-order valence-electron chi connectivity index (χ1n) is 10.4. The Bertz CT molecular complexity index is 1260. The number of para-hydroxylation sites is 1. The first-order valence-corrected chi connectivity index (χ1v) is 11.2. The van der Waals surface area contributed by atoms with E-state index in [4.69, 9.17) is 4.42 Å². The Kier molecular flexibility index (Phi) is 5.61. The van der Waals surface area contributed by atoms with Crippen LogP contribution in [0.4, 0.5) is 10.9 Å². The lowest BCUT2D eigenvalue weighted by molar-refractivity contribution is 0.0750. The van der Waals surface area contributed by atoms with Gasteiger partial charge in [-0.15, -0.1) is 11.3 Å². The van der Waals surface area contributed by atoms with Crippen molar-refractivity contribution in [3.63, 3.8) is 0 Å². The van der Waals surface area contributed by atoms with Gasteiger partial charge in [-0.2, -0.15) is 4.68 Å². The summed E-state index contributed by atoms with van der Waals surface area (Å²) in [6.07, 6.45) is 1.45. The van der Waals surface area contributed by atoms with Gasteiger partial charge < -0.3 is 19.5 Å². The minimum atomic E-state index is -0.343. The maximum absolute atomic E-state index is 13.2. The van der Waals surface area contributed by atoms with Crippen molar-refractivity contribution in [3.05, 3.63) is 71.0 Å². The van der Waals surface area contributed by atoms with E-state index in [2.05, 4.69) is 25.7 Å². The van der Waals surface area contributed by atoms with Crippen molar-refractivity contribution in [2.75, 3.05) is 36.4 Å². The van der Waals surface area contributed by atoms with Crippen LogP contribution in [0.3, 0.4) is 0 Å². The van der Waals surface area contributed by atoms with E-state index in [1.165, 1.54) is 17.6 Å². The molecular weight excluding hydrogens is 442 g/mol. The van der Waals surface area contributed by atoms with Crippen LogP contribution in [0.5, 0.6) is 0 Å². The van der Waals surface area contributed by atoms with Crippen molar-refractivity contribution in [3.8, 4) is 5.69 Å². The molecule has 1 fully saturated rings. The summed E-state index contributed by atoms with van der Waals surface area (Å²) < 4.78 is 6.82. The SMILES string of the molecule is Cc1cc(NC(=O)c2ccco2)sc1C(=O)N1CCN(c2nnnn2-c2ccccc2)CC1. The van der Waals surface area contributed by atoms with Crippen molar-refractivity contribution < 1.29 is 14.0 Å². The molecule has 4 heterocycles. The number of aromatic nitrogens is 4. The van der Waals surface area contributed by atoms with Gasteiger partial charge in [-0.05, 0) is 53.2 Å². The fourth-order valence-electron chi connectivity index (χ4n) is 3.71. The van der Waals surface area contributed by atoms with E-state index in [0.29, 0.717) is 42.0 Å². The number of benzene rings is 1. The number of aryl methyl sites for hydroxylation is 1. The van der Waals surface area contributed by atoms with Crippen LogP contribution in [-0.4, -0.2) is 63.1 Å². The molecule has 0 unspecified atom stereocenters. The first kappa shape index (κ1) is 20.9. The van der Waals surface area contributed by atoms with E-state index in [0.717, 1.165) is 11.3 Å². The molecule has 1 aliphatic heterocycles. The van der Waals surface area contributed by atoms with Crippen molar-refractivity contribution in [2.24, 2.45) is 0 Å². The van der Waals surface area contributed by atoms with Gasteiger partial charge >= 0.3 is 0 Å². The van der Waals surface area contributed by atoms with E-state index >= 15 is 0 Å². The number of nitrogens with one attached hydrogen (secondary N) is 1. The monoisotopic (exact) mass is 463 g/mol. The zero-order valence-corrected chi connectivity index (χ0v) is 18.7. The molecule has 0 aliphatic carbocycles. The molecule has 0 bridgehead atoms. The van der Waals surface area contributed by atoms with Gasteiger partial charge in [0.05, 0.1) is 21.8 Å². The highest BCUT2D eigenvalue weighted by molar-refractivity contribution is 7.18. The maximum atomic E-state index is 13.2. The molecule has 1 N–H and O–H groups in total. The van der Waals surface area contributed by atoms with Crippen LogP contribution in [0, 0.1) is 6.92 Å². The highest BCUT2D eigenvalue weighted by Gasteiger charge is 2.27. The second kappa shape index (κ2) is 8.87. The predicted molar refractivity (Wildman–Crippen MR) is 123 cm³/mol. The van der Waals surface area contributed by atoms with E-state index in [9.17, 15) is 9.59 Å². The van der Waals surface area contributed by atoms with Gasteiger partial charge in [0, 0.05) is 26.2 Å². The molecule has 1 aliphatic rings. The van der Waals surface area contributed by atoms with Crippen molar-refractivity contribution in [1.82, 2.24) is 25.1 Å². The average Bonchev–Trinajstić information content (AvgIpc) is 3.60. The van der Waals surface area contributed by atoms with Crippen LogP contribution >= 0.6 is 11.3 Å². The molecule has 3 aromatic heterocycles. The van der Waals surface area contributed by atoms with Gasteiger partial charge in [-0.3, -0.25) is 9.59 Å². The molecule has 0 atom stereocenters. The number of piperazine rings is 1. The fraction of sp³-hybridized carbons (Fsp3) is 0.227. The van der Waals surface area contributed by atoms with Gasteiger partial charge in [0.1, 0.15) is 0 Å². The van der Waals surface area contributed by atoms with Crippen molar-refractivity contribution in [1.29, 1.82) is 0 Å². The number of thiophene rings is 1. The number of furan rings is 1. The Morgan fingerprint density at radius 2 is 1.85 bits per heavy atom. The van der Waals surface area contributed by atoms with Crippen LogP contribution in [0.2, 0.25) is 0 Å². The molecule has 5 rings (SSSR count). The third kappa shape index (κ3) is 4.22. The lowest BCUT2D eigenvalue weighted by Gasteiger charge is -2.34. The molecule has 10 nitrogen and oxygen atoms in total. The normalized spacial score (nSPS) is 13.8. The van der Waals surface area contributed by atoms with Crippen LogP contribution in [0.25, 0.3) is 5.69 Å². The average molecular weight is 464 g/mol. The first-order chi connectivity index (χ1) is 16.1. The lowest BCUT2D eigenvalue weighted by atomic mass is 10.2. The summed E-state index contributed by atoms with van der Waals surface area (Å²) in [6.45, 7) is 4.20. The summed E-state index contributed by atoms with van der Waals surface area (Å²) in [4.78, 5) is 29.9. The summed E-state index contributed by atoms with van der Waals surface area (Å²) in [5.41, 5.74) is 1.71. The third-order valence-corrected chi connectivity index (χ3v) is 6.54. The Hall–Kier alpha value is -3.99. The second-order valence-electron chi connectivity index (χ2n) is 7.56. The number of hydrogen-bond donors (Lipinski definition) is 1. The molecule has 4 aromatic rings. The number of carbonyl (C=O) groups excluding carboxylic acids is 2. The number of amides is 2. The van der Waals surface area contributed by atoms with Crippen LogP contribution < -0.4 is 10.2 Å². The lowest BCUT2D eigenvalue weighted by Crippen LogP contribution is -2.49. The number of anilines is 2.